The summed E-state index contributed by atoms with van der Waals surface area (Å²) in [6.07, 6.45) is -0.999. The van der Waals surface area contributed by atoms with E-state index in [0.29, 0.717) is 0 Å². The van der Waals surface area contributed by atoms with Crippen molar-refractivity contribution in [3.63, 3.8) is 0 Å². The van der Waals surface area contributed by atoms with Crippen molar-refractivity contribution in [2.45, 2.75) is 40.4 Å². The minimum absolute atomic E-state index is 0.00748. The van der Waals surface area contributed by atoms with E-state index in [0.717, 1.165) is 5.57 Å². The number of carbonyl (C=O) groups is 1. The van der Waals surface area contributed by atoms with E-state index in [1.807, 2.05) is 0 Å². The first kappa shape index (κ1) is 5.74. The summed E-state index contributed by atoms with van der Waals surface area (Å²) < 4.78 is 50.1. The van der Waals surface area contributed by atoms with Crippen LogP contribution in [0.3, 0.4) is 0 Å². The highest BCUT2D eigenvalue weighted by molar-refractivity contribution is 5.82. The summed E-state index contributed by atoms with van der Waals surface area (Å²) in [7, 11) is 0. The fourth-order valence-corrected chi connectivity index (χ4v) is 0.671. The van der Waals surface area contributed by atoms with Crippen LogP contribution in [0.1, 0.15) is 48.6 Å². The molecule has 0 aromatic rings. The Morgan fingerprint density at radius 2 is 2.36 bits per heavy atom. The smallest absolute Gasteiger partial charge is 0.330 e. The molecule has 0 amide bonds. The topological polar surface area (TPSA) is 26.3 Å². The van der Waals surface area contributed by atoms with Gasteiger partial charge in [0.15, 0.2) is 0 Å². The van der Waals surface area contributed by atoms with Gasteiger partial charge in [0.05, 0.1) is 7.98 Å². The second-order valence-electron chi connectivity index (χ2n) is 2.88. The zero-order valence-corrected chi connectivity index (χ0v) is 8.81. The number of carbonyl (C=O) groups excluding carboxylic acids is 1. The Hall–Kier alpha value is -1.05. The number of rotatable bonds is 5. The summed E-state index contributed by atoms with van der Waals surface area (Å²) in [6.45, 7) is 2.15. The summed E-state index contributed by atoms with van der Waals surface area (Å²) in [5, 5.41) is 0. The van der Waals surface area contributed by atoms with Crippen LogP contribution in [0, 0.1) is 0 Å². The molecule has 0 aromatic carbocycles. The van der Waals surface area contributed by atoms with E-state index < -0.39 is 30.8 Å². The molecule has 2 nitrogen and oxygen atoms in total. The van der Waals surface area contributed by atoms with Crippen LogP contribution in [-0.4, -0.2) is 12.6 Å². The Balaban J connectivity index is 5.75. The third-order valence-electron chi connectivity index (χ3n) is 1.29. The molecule has 0 aliphatic heterocycles. The third-order valence-corrected chi connectivity index (χ3v) is 1.29. The SMILES string of the molecule is [2H]/C(C(=O)OCC)=C(\C([2H])([2H])[2H])C([2H])([2H])CC=C(C)C. The standard InChI is InChI=1S/C12H20O2/c1-5-14-12(13)9-11(4)8-6-7-10(2)3/h7,9H,5-6,8H2,1-4H3/b11-9-/i4D3,8D2,9D. The molecule has 0 heterocycles. The lowest BCUT2D eigenvalue weighted by Crippen LogP contribution is -2.00. The van der Waals surface area contributed by atoms with Crippen LogP contribution >= 0.6 is 0 Å². The zero-order valence-electron chi connectivity index (χ0n) is 14.8. The van der Waals surface area contributed by atoms with Gasteiger partial charge in [-0.3, -0.25) is 0 Å². The van der Waals surface area contributed by atoms with Crippen LogP contribution in [0.5, 0.6) is 0 Å². The first-order chi connectivity index (χ1) is 8.93. The highest BCUT2D eigenvalue weighted by Crippen LogP contribution is 2.06. The Labute approximate surface area is 95.1 Å². The highest BCUT2D eigenvalue weighted by atomic mass is 16.5. The highest BCUT2D eigenvalue weighted by Gasteiger charge is 1.96. The Bertz CT molecular complexity index is 416. The van der Waals surface area contributed by atoms with Crippen LogP contribution in [0.2, 0.25) is 0 Å². The largest absolute Gasteiger partial charge is 0.463 e. The van der Waals surface area contributed by atoms with Crippen LogP contribution < -0.4 is 0 Å². The molecule has 0 spiro atoms. The van der Waals surface area contributed by atoms with Crippen molar-refractivity contribution in [1.82, 2.24) is 0 Å². The minimum Gasteiger partial charge on any atom is -0.463 e. The van der Waals surface area contributed by atoms with E-state index in [2.05, 4.69) is 4.74 Å². The van der Waals surface area contributed by atoms with Crippen LogP contribution in [-0.2, 0) is 9.53 Å². The Kier molecular flexibility index (Phi) is 3.02. The van der Waals surface area contributed by atoms with Crippen molar-refractivity contribution in [2.24, 2.45) is 0 Å². The predicted molar refractivity (Wildman–Crippen MR) is 59.1 cm³/mol. The average Bonchev–Trinajstić information content (AvgIpc) is 2.24. The van der Waals surface area contributed by atoms with E-state index >= 15 is 0 Å². The quantitative estimate of drug-likeness (QED) is 0.388. The molecule has 0 aromatic heterocycles. The van der Waals surface area contributed by atoms with Gasteiger partial charge in [0.25, 0.3) is 0 Å². The van der Waals surface area contributed by atoms with Crippen molar-refractivity contribution in [3.8, 4) is 0 Å². The van der Waals surface area contributed by atoms with Gasteiger partial charge >= 0.3 is 5.97 Å². The number of allylic oxidation sites excluding steroid dienone is 3. The summed E-state index contributed by atoms with van der Waals surface area (Å²) >= 11 is 0. The van der Waals surface area contributed by atoms with Gasteiger partial charge in [0, 0.05) is 12.9 Å². The van der Waals surface area contributed by atoms with Gasteiger partial charge in [-0.25, -0.2) is 4.79 Å². The molecule has 0 fully saturated rings. The van der Waals surface area contributed by atoms with Gasteiger partial charge < -0.3 is 4.74 Å². The molecule has 0 aliphatic carbocycles. The number of hydrogen-bond donors (Lipinski definition) is 0. The molecular formula is C12H20O2. The first-order valence-electron chi connectivity index (χ1n) is 7.45. The fourth-order valence-electron chi connectivity index (χ4n) is 0.671. The van der Waals surface area contributed by atoms with E-state index in [4.69, 9.17) is 8.22 Å². The fraction of sp³-hybridized carbons (Fsp3) is 0.583. The molecule has 80 valence electrons. The molecular weight excluding hydrogens is 176 g/mol. The molecule has 0 N–H and O–H groups in total. The molecule has 0 atom stereocenters. The molecule has 2 heteroatoms. The predicted octanol–water partition coefficient (Wildman–Crippen LogP) is 3.24. The van der Waals surface area contributed by atoms with Crippen molar-refractivity contribution in [1.29, 1.82) is 0 Å². The van der Waals surface area contributed by atoms with Gasteiger partial charge in [0.1, 0.15) is 0 Å². The lowest BCUT2D eigenvalue weighted by molar-refractivity contribution is -0.137. The molecule has 0 bridgehead atoms. The van der Waals surface area contributed by atoms with Crippen LogP contribution in [0.15, 0.2) is 23.3 Å². The molecule has 0 saturated carbocycles. The van der Waals surface area contributed by atoms with Gasteiger partial charge in [-0.1, -0.05) is 17.2 Å². The summed E-state index contributed by atoms with van der Waals surface area (Å²) in [6, 6.07) is -0.931. The maximum Gasteiger partial charge on any atom is 0.330 e. The molecule has 14 heavy (non-hydrogen) atoms. The van der Waals surface area contributed by atoms with E-state index in [1.165, 1.54) is 13.0 Å². The average molecular weight is 202 g/mol. The monoisotopic (exact) mass is 202 g/mol. The lowest BCUT2D eigenvalue weighted by atomic mass is 10.1. The molecule has 0 radical (unpaired) electrons. The van der Waals surface area contributed by atoms with Gasteiger partial charge in [-0.2, -0.15) is 0 Å². The summed E-state index contributed by atoms with van der Waals surface area (Å²) in [5.41, 5.74) is 0.00221. The van der Waals surface area contributed by atoms with Gasteiger partial charge in [-0.05, 0) is 40.4 Å². The van der Waals surface area contributed by atoms with E-state index in [-0.39, 0.29) is 13.0 Å². The molecule has 0 saturated heterocycles. The molecule has 0 aliphatic rings. The van der Waals surface area contributed by atoms with Crippen molar-refractivity contribution >= 4 is 5.97 Å². The van der Waals surface area contributed by atoms with Gasteiger partial charge in [0.2, 0.25) is 0 Å². The first-order valence-corrected chi connectivity index (χ1v) is 4.45. The molecule has 0 rings (SSSR count). The van der Waals surface area contributed by atoms with Crippen LogP contribution in [0.4, 0.5) is 0 Å². The zero-order chi connectivity index (χ0) is 16.1. The maximum atomic E-state index is 11.5. The molecule has 0 unspecified atom stereocenters. The normalized spacial score (nSPS) is 19.9. The van der Waals surface area contributed by atoms with Gasteiger partial charge in [-0.15, -0.1) is 0 Å². The third kappa shape index (κ3) is 7.59. The Morgan fingerprint density at radius 1 is 1.64 bits per heavy atom. The second kappa shape index (κ2) is 7.36. The van der Waals surface area contributed by atoms with E-state index in [9.17, 15) is 4.79 Å². The Morgan fingerprint density at radius 3 is 2.86 bits per heavy atom. The number of ether oxygens (including phenoxy) is 1. The number of hydrogen-bond acceptors (Lipinski definition) is 2. The van der Waals surface area contributed by atoms with Crippen molar-refractivity contribution in [3.05, 3.63) is 23.3 Å². The van der Waals surface area contributed by atoms with Crippen LogP contribution in [0.25, 0.3) is 0 Å². The summed E-state index contributed by atoms with van der Waals surface area (Å²) in [4.78, 5) is 11.5. The number of esters is 1. The summed E-state index contributed by atoms with van der Waals surface area (Å²) in [5.74, 6) is -1.13. The lowest BCUT2D eigenvalue weighted by Gasteiger charge is -1.99. The maximum absolute atomic E-state index is 11.5. The van der Waals surface area contributed by atoms with Crippen molar-refractivity contribution in [2.75, 3.05) is 6.61 Å². The van der Waals surface area contributed by atoms with E-state index in [1.54, 1.807) is 13.8 Å². The van der Waals surface area contributed by atoms with Crippen molar-refractivity contribution < 1.29 is 17.8 Å². The second-order valence-corrected chi connectivity index (χ2v) is 2.88. The minimum atomic E-state index is -2.87.